The van der Waals surface area contributed by atoms with Crippen molar-refractivity contribution in [3.05, 3.63) is 41.8 Å². The molecule has 2 aromatic rings. The molecule has 3 rings (SSSR count). The van der Waals surface area contributed by atoms with Gasteiger partial charge in [-0.2, -0.15) is 4.98 Å². The molecule has 1 aromatic carbocycles. The molecule has 1 saturated heterocycles. The number of aryl methyl sites for hydroxylation is 1. The molecule has 7 heteroatoms. The van der Waals surface area contributed by atoms with E-state index in [1.165, 1.54) is 12.1 Å². The first-order valence-electron chi connectivity index (χ1n) is 8.77. The number of hydrogen-bond donors (Lipinski definition) is 0. The lowest BCUT2D eigenvalue weighted by Crippen LogP contribution is -2.47. The predicted molar refractivity (Wildman–Crippen MR) is 92.0 cm³/mol. The molecule has 0 bridgehead atoms. The zero-order valence-corrected chi connectivity index (χ0v) is 14.8. The van der Waals surface area contributed by atoms with Crippen LogP contribution in [0.4, 0.5) is 4.39 Å². The van der Waals surface area contributed by atoms with Gasteiger partial charge < -0.3 is 14.2 Å². The summed E-state index contributed by atoms with van der Waals surface area (Å²) in [6.45, 7) is 9.61. The van der Waals surface area contributed by atoms with E-state index in [0.717, 1.165) is 44.9 Å². The van der Waals surface area contributed by atoms with E-state index in [9.17, 15) is 4.39 Å². The van der Waals surface area contributed by atoms with Crippen LogP contribution in [0.2, 0.25) is 0 Å². The molecule has 0 saturated carbocycles. The van der Waals surface area contributed by atoms with Crippen molar-refractivity contribution < 1.29 is 13.7 Å². The molecule has 25 heavy (non-hydrogen) atoms. The zero-order valence-electron chi connectivity index (χ0n) is 14.8. The Labute approximate surface area is 147 Å². The third-order valence-electron chi connectivity index (χ3n) is 4.56. The first-order valence-corrected chi connectivity index (χ1v) is 8.77. The van der Waals surface area contributed by atoms with Crippen LogP contribution in [0.5, 0.6) is 5.75 Å². The van der Waals surface area contributed by atoms with Gasteiger partial charge in [0.05, 0.1) is 12.6 Å². The number of nitrogens with zero attached hydrogens (tertiary/aromatic N) is 4. The van der Waals surface area contributed by atoms with E-state index in [0.29, 0.717) is 18.3 Å². The third kappa shape index (κ3) is 4.99. The molecular formula is C18H25FN4O2. The number of ether oxygens (including phenoxy) is 1. The minimum Gasteiger partial charge on any atom is -0.494 e. The van der Waals surface area contributed by atoms with Gasteiger partial charge in [0.2, 0.25) is 5.89 Å². The average Bonchev–Trinajstić information content (AvgIpc) is 3.06. The van der Waals surface area contributed by atoms with Crippen molar-refractivity contribution in [1.29, 1.82) is 0 Å². The van der Waals surface area contributed by atoms with Gasteiger partial charge in [-0.05, 0) is 44.5 Å². The van der Waals surface area contributed by atoms with E-state index in [-0.39, 0.29) is 11.9 Å². The van der Waals surface area contributed by atoms with Crippen LogP contribution in [0, 0.1) is 12.7 Å². The predicted octanol–water partition coefficient (Wildman–Crippen LogP) is 2.66. The van der Waals surface area contributed by atoms with Gasteiger partial charge in [-0.15, -0.1) is 0 Å². The molecule has 1 atom stereocenters. The van der Waals surface area contributed by atoms with E-state index in [2.05, 4.69) is 26.9 Å². The van der Waals surface area contributed by atoms with Crippen LogP contribution in [0.15, 0.2) is 28.8 Å². The summed E-state index contributed by atoms with van der Waals surface area (Å²) in [5, 5.41) is 3.87. The van der Waals surface area contributed by atoms with Gasteiger partial charge in [-0.25, -0.2) is 4.39 Å². The van der Waals surface area contributed by atoms with Crippen LogP contribution in [0.1, 0.15) is 31.1 Å². The minimum absolute atomic E-state index is 0.158. The van der Waals surface area contributed by atoms with Gasteiger partial charge in [-0.1, -0.05) is 5.16 Å². The molecule has 0 aliphatic carbocycles. The molecule has 0 unspecified atom stereocenters. The number of piperazine rings is 1. The van der Waals surface area contributed by atoms with E-state index >= 15 is 0 Å². The average molecular weight is 348 g/mol. The molecule has 1 fully saturated rings. The molecule has 0 radical (unpaired) electrons. The molecular weight excluding hydrogens is 323 g/mol. The van der Waals surface area contributed by atoms with Crippen molar-refractivity contribution in [1.82, 2.24) is 19.9 Å². The van der Waals surface area contributed by atoms with Gasteiger partial charge in [0.15, 0.2) is 5.82 Å². The number of hydrogen-bond acceptors (Lipinski definition) is 6. The van der Waals surface area contributed by atoms with Gasteiger partial charge in [0, 0.05) is 32.7 Å². The van der Waals surface area contributed by atoms with Crippen molar-refractivity contribution in [2.24, 2.45) is 0 Å². The maximum atomic E-state index is 12.8. The monoisotopic (exact) mass is 348 g/mol. The molecule has 0 amide bonds. The highest BCUT2D eigenvalue weighted by Crippen LogP contribution is 2.20. The van der Waals surface area contributed by atoms with Crippen molar-refractivity contribution in [3.8, 4) is 5.75 Å². The smallest absolute Gasteiger partial charge is 0.243 e. The van der Waals surface area contributed by atoms with Crippen LogP contribution in [0.3, 0.4) is 0 Å². The van der Waals surface area contributed by atoms with Gasteiger partial charge in [0.1, 0.15) is 11.6 Å². The second-order valence-corrected chi connectivity index (χ2v) is 6.39. The van der Waals surface area contributed by atoms with Crippen molar-refractivity contribution in [3.63, 3.8) is 0 Å². The lowest BCUT2D eigenvalue weighted by atomic mass is 10.2. The van der Waals surface area contributed by atoms with Crippen LogP contribution in [-0.4, -0.2) is 59.3 Å². The number of benzene rings is 1. The van der Waals surface area contributed by atoms with Crippen molar-refractivity contribution in [2.75, 3.05) is 39.3 Å². The van der Waals surface area contributed by atoms with Gasteiger partial charge in [-0.3, -0.25) is 4.90 Å². The Balaban J connectivity index is 1.34. The molecule has 6 nitrogen and oxygen atoms in total. The maximum Gasteiger partial charge on any atom is 0.243 e. The second kappa shape index (κ2) is 8.40. The van der Waals surface area contributed by atoms with E-state index in [1.54, 1.807) is 12.1 Å². The molecule has 0 spiro atoms. The first-order chi connectivity index (χ1) is 12.1. The Hall–Kier alpha value is -1.99. The summed E-state index contributed by atoms with van der Waals surface area (Å²) in [6, 6.07) is 6.31. The number of rotatable bonds is 7. The maximum absolute atomic E-state index is 12.8. The summed E-state index contributed by atoms with van der Waals surface area (Å²) >= 11 is 0. The quantitative estimate of drug-likeness (QED) is 0.717. The van der Waals surface area contributed by atoms with Crippen LogP contribution < -0.4 is 4.74 Å². The Kier molecular flexibility index (Phi) is 5.99. The topological polar surface area (TPSA) is 54.6 Å². The van der Waals surface area contributed by atoms with E-state index in [4.69, 9.17) is 9.26 Å². The summed E-state index contributed by atoms with van der Waals surface area (Å²) in [7, 11) is 0. The first kappa shape index (κ1) is 17.8. The van der Waals surface area contributed by atoms with Gasteiger partial charge >= 0.3 is 0 Å². The summed E-state index contributed by atoms with van der Waals surface area (Å²) in [4.78, 5) is 9.14. The largest absolute Gasteiger partial charge is 0.494 e. The third-order valence-corrected chi connectivity index (χ3v) is 4.56. The summed E-state index contributed by atoms with van der Waals surface area (Å²) in [5.41, 5.74) is 0. The Bertz CT molecular complexity index is 653. The fourth-order valence-electron chi connectivity index (χ4n) is 3.02. The molecule has 0 N–H and O–H groups in total. The Morgan fingerprint density at radius 3 is 2.56 bits per heavy atom. The summed E-state index contributed by atoms with van der Waals surface area (Å²) < 4.78 is 23.8. The normalized spacial score (nSPS) is 17.6. The molecule has 136 valence electrons. The highest BCUT2D eigenvalue weighted by atomic mass is 19.1. The van der Waals surface area contributed by atoms with Gasteiger partial charge in [0.25, 0.3) is 0 Å². The van der Waals surface area contributed by atoms with Crippen molar-refractivity contribution in [2.45, 2.75) is 26.3 Å². The lowest BCUT2D eigenvalue weighted by molar-refractivity contribution is 0.0852. The standard InChI is InChI=1S/C18H25FN4O2/c1-14(18-20-15(2)21-25-18)23-11-9-22(10-12-23)8-3-13-24-17-6-4-16(19)5-7-17/h4-7,14H,3,8-13H2,1-2H3/t14-/m1/s1. The van der Waals surface area contributed by atoms with Crippen LogP contribution in [-0.2, 0) is 0 Å². The SMILES string of the molecule is Cc1noc([C@@H](C)N2CCN(CCCOc3ccc(F)cc3)CC2)n1. The molecule has 1 aliphatic rings. The van der Waals surface area contributed by atoms with Crippen LogP contribution >= 0.6 is 0 Å². The highest BCUT2D eigenvalue weighted by molar-refractivity contribution is 5.21. The fraction of sp³-hybridized carbons (Fsp3) is 0.556. The van der Waals surface area contributed by atoms with Crippen LogP contribution in [0.25, 0.3) is 0 Å². The minimum atomic E-state index is -0.241. The number of aromatic nitrogens is 2. The molecule has 1 aliphatic heterocycles. The molecule has 2 heterocycles. The second-order valence-electron chi connectivity index (χ2n) is 6.39. The fourth-order valence-corrected chi connectivity index (χ4v) is 3.02. The van der Waals surface area contributed by atoms with Crippen molar-refractivity contribution >= 4 is 0 Å². The zero-order chi connectivity index (χ0) is 17.6. The Morgan fingerprint density at radius 1 is 1.20 bits per heavy atom. The highest BCUT2D eigenvalue weighted by Gasteiger charge is 2.25. The van der Waals surface area contributed by atoms with E-state index < -0.39 is 0 Å². The summed E-state index contributed by atoms with van der Waals surface area (Å²) in [5.74, 6) is 1.85. The van der Waals surface area contributed by atoms with E-state index in [1.807, 2.05) is 6.92 Å². The Morgan fingerprint density at radius 2 is 1.92 bits per heavy atom. The number of halogens is 1. The summed E-state index contributed by atoms with van der Waals surface area (Å²) in [6.07, 6.45) is 0.954. The molecule has 1 aromatic heterocycles. The lowest BCUT2D eigenvalue weighted by Gasteiger charge is -2.36.